The maximum atomic E-state index is 2.28. The second kappa shape index (κ2) is 14.4. The van der Waals surface area contributed by atoms with E-state index in [9.17, 15) is 0 Å². The van der Waals surface area contributed by atoms with Crippen molar-refractivity contribution in [3.8, 4) is 0 Å². The first-order valence-electron chi connectivity index (χ1n) is 6.26. The predicted molar refractivity (Wildman–Crippen MR) is 72.2 cm³/mol. The molecule has 2 aromatic carbocycles. The standard InChI is InChI=1S/C11H17.C5H5.2ClH.Ti/c1-4-9-7-8-10(5-2)11(9)6-3;1-2-4-5-3-1;;;/h7-8H,4-6H2,1-3H3;1-5H;2*1H;/q2*-1;;;+4/p-2. The quantitative estimate of drug-likeness (QED) is 0.474. The Morgan fingerprint density at radius 1 is 1.00 bits per heavy atom. The van der Waals surface area contributed by atoms with Gasteiger partial charge in [-0.05, 0) is 0 Å². The van der Waals surface area contributed by atoms with E-state index in [2.05, 4.69) is 32.9 Å². The van der Waals surface area contributed by atoms with Crippen LogP contribution in [0.4, 0.5) is 0 Å². The summed E-state index contributed by atoms with van der Waals surface area (Å²) in [5.41, 5.74) is 4.68. The molecule has 0 radical (unpaired) electrons. The summed E-state index contributed by atoms with van der Waals surface area (Å²) in [7, 11) is 0. The van der Waals surface area contributed by atoms with E-state index in [0.29, 0.717) is 0 Å². The van der Waals surface area contributed by atoms with Crippen LogP contribution in [0.5, 0.6) is 0 Å². The van der Waals surface area contributed by atoms with Gasteiger partial charge in [-0.15, -0.1) is 0 Å². The molecule has 2 rings (SSSR count). The van der Waals surface area contributed by atoms with Crippen LogP contribution in [-0.2, 0) is 41.0 Å². The molecule has 0 spiro atoms. The first kappa shape index (κ1) is 24.0. The molecule has 3 heteroatoms. The maximum Gasteiger partial charge on any atom is 4.00 e. The second-order valence-corrected chi connectivity index (χ2v) is 3.89. The van der Waals surface area contributed by atoms with E-state index in [-0.39, 0.29) is 46.5 Å². The van der Waals surface area contributed by atoms with Crippen molar-refractivity contribution in [2.75, 3.05) is 0 Å². The molecular weight excluding hydrogens is 311 g/mol. The van der Waals surface area contributed by atoms with Gasteiger partial charge >= 0.3 is 21.7 Å². The first-order valence-corrected chi connectivity index (χ1v) is 6.26. The molecule has 0 atom stereocenters. The van der Waals surface area contributed by atoms with E-state index in [4.69, 9.17) is 0 Å². The maximum absolute atomic E-state index is 2.28. The topological polar surface area (TPSA) is 0 Å². The van der Waals surface area contributed by atoms with E-state index >= 15 is 0 Å². The molecule has 0 nitrogen and oxygen atoms in total. The number of halogens is 2. The molecule has 0 aliphatic heterocycles. The Labute approximate surface area is 145 Å². The minimum absolute atomic E-state index is 0. The van der Waals surface area contributed by atoms with Crippen molar-refractivity contribution in [1.82, 2.24) is 0 Å². The minimum Gasteiger partial charge on any atom is -1.00 e. The predicted octanol–water partition coefficient (Wildman–Crippen LogP) is -1.50. The van der Waals surface area contributed by atoms with Crippen LogP contribution in [0, 0.1) is 0 Å². The molecule has 0 aromatic heterocycles. The first-order chi connectivity index (χ1) is 7.83. The van der Waals surface area contributed by atoms with Crippen LogP contribution in [0.25, 0.3) is 0 Å². The van der Waals surface area contributed by atoms with Crippen molar-refractivity contribution in [2.45, 2.75) is 40.0 Å². The molecule has 0 saturated carbocycles. The molecule has 0 heterocycles. The summed E-state index contributed by atoms with van der Waals surface area (Å²) in [6.45, 7) is 6.70. The van der Waals surface area contributed by atoms with Crippen LogP contribution in [-0.4, -0.2) is 0 Å². The van der Waals surface area contributed by atoms with Crippen molar-refractivity contribution in [1.29, 1.82) is 0 Å². The van der Waals surface area contributed by atoms with E-state index in [1.807, 2.05) is 30.3 Å². The normalized spacial score (nSPS) is 8.16. The molecule has 0 unspecified atom stereocenters. The Hall–Kier alpha value is -0.00571. The molecule has 0 N–H and O–H groups in total. The number of hydrogen-bond acceptors (Lipinski definition) is 0. The van der Waals surface area contributed by atoms with Gasteiger partial charge in [-0.3, -0.25) is 0 Å². The van der Waals surface area contributed by atoms with Gasteiger partial charge in [0, 0.05) is 0 Å². The van der Waals surface area contributed by atoms with Gasteiger partial charge in [-0.2, -0.15) is 41.0 Å². The van der Waals surface area contributed by atoms with Crippen LogP contribution in [0.15, 0.2) is 42.5 Å². The van der Waals surface area contributed by atoms with Gasteiger partial charge in [-0.25, -0.2) is 18.2 Å². The Kier molecular flexibility index (Phi) is 18.2. The van der Waals surface area contributed by atoms with Crippen molar-refractivity contribution in [3.63, 3.8) is 0 Å². The summed E-state index contributed by atoms with van der Waals surface area (Å²) in [6, 6.07) is 14.6. The molecule has 104 valence electrons. The van der Waals surface area contributed by atoms with Gasteiger partial charge in [0.1, 0.15) is 0 Å². The van der Waals surface area contributed by atoms with Crippen molar-refractivity contribution < 1.29 is 46.5 Å². The van der Waals surface area contributed by atoms with E-state index in [1.165, 1.54) is 19.3 Å². The summed E-state index contributed by atoms with van der Waals surface area (Å²) in [6.07, 6.45) is 3.56. The second-order valence-electron chi connectivity index (χ2n) is 3.89. The fourth-order valence-corrected chi connectivity index (χ4v) is 2.05. The molecule has 0 saturated heterocycles. The van der Waals surface area contributed by atoms with Crippen molar-refractivity contribution in [2.24, 2.45) is 0 Å². The van der Waals surface area contributed by atoms with Gasteiger partial charge in [-0.1, -0.05) is 40.0 Å². The van der Waals surface area contributed by atoms with Crippen LogP contribution in [0.2, 0.25) is 0 Å². The molecule has 0 aliphatic rings. The molecular formula is C16H22Cl2Ti. The zero-order valence-electron chi connectivity index (χ0n) is 11.9. The monoisotopic (exact) mass is 332 g/mol. The Morgan fingerprint density at radius 3 is 1.89 bits per heavy atom. The molecule has 19 heavy (non-hydrogen) atoms. The summed E-state index contributed by atoms with van der Waals surface area (Å²) >= 11 is 0. The van der Waals surface area contributed by atoms with Crippen LogP contribution in [0.1, 0.15) is 37.5 Å². The van der Waals surface area contributed by atoms with Gasteiger partial charge in [0.2, 0.25) is 0 Å². The summed E-state index contributed by atoms with van der Waals surface area (Å²) in [5.74, 6) is 0. The molecule has 0 aliphatic carbocycles. The van der Waals surface area contributed by atoms with E-state index in [0.717, 1.165) is 0 Å². The summed E-state index contributed by atoms with van der Waals surface area (Å²) in [4.78, 5) is 0. The van der Waals surface area contributed by atoms with Gasteiger partial charge in [0.15, 0.2) is 0 Å². The van der Waals surface area contributed by atoms with Crippen LogP contribution >= 0.6 is 0 Å². The zero-order chi connectivity index (χ0) is 11.8. The third-order valence-corrected chi connectivity index (χ3v) is 2.93. The Bertz CT molecular complexity index is 339. The molecule has 0 fully saturated rings. The SMILES string of the molecule is CCc1cc[c-](CC)c1CC.[Cl-].[Cl-].[Ti+4].c1cc[cH-]c1. The van der Waals surface area contributed by atoms with Crippen molar-refractivity contribution in [3.05, 3.63) is 59.2 Å². The summed E-state index contributed by atoms with van der Waals surface area (Å²) < 4.78 is 0. The molecule has 0 amide bonds. The van der Waals surface area contributed by atoms with Crippen LogP contribution < -0.4 is 24.8 Å². The van der Waals surface area contributed by atoms with E-state index < -0.39 is 0 Å². The van der Waals surface area contributed by atoms with Gasteiger partial charge in [0.25, 0.3) is 0 Å². The number of rotatable bonds is 3. The van der Waals surface area contributed by atoms with Gasteiger partial charge in [0.05, 0.1) is 0 Å². The third kappa shape index (κ3) is 8.00. The minimum atomic E-state index is 0. The van der Waals surface area contributed by atoms with Crippen LogP contribution in [0.3, 0.4) is 0 Å². The largest absolute Gasteiger partial charge is 4.00 e. The Morgan fingerprint density at radius 2 is 1.58 bits per heavy atom. The fourth-order valence-electron chi connectivity index (χ4n) is 2.05. The van der Waals surface area contributed by atoms with Crippen molar-refractivity contribution >= 4 is 0 Å². The number of hydrogen-bond donors (Lipinski definition) is 0. The average molecular weight is 333 g/mol. The van der Waals surface area contributed by atoms with E-state index in [1.54, 1.807) is 16.7 Å². The molecule has 0 bridgehead atoms. The average Bonchev–Trinajstić information content (AvgIpc) is 3.00. The third-order valence-electron chi connectivity index (χ3n) is 2.93. The van der Waals surface area contributed by atoms with Gasteiger partial charge < -0.3 is 24.8 Å². The molecule has 2 aromatic rings. The zero-order valence-corrected chi connectivity index (χ0v) is 15.0. The smallest absolute Gasteiger partial charge is 1.00 e. The fraction of sp³-hybridized carbons (Fsp3) is 0.375. The number of aryl methyl sites for hydroxylation is 2. The summed E-state index contributed by atoms with van der Waals surface area (Å²) in [5, 5.41) is 0. The Balaban J connectivity index is -0.000000277.